The molecular formula is C26H29NO2. The van der Waals surface area contributed by atoms with Crippen LogP contribution < -0.4 is 9.64 Å². The van der Waals surface area contributed by atoms with Crippen molar-refractivity contribution in [2.24, 2.45) is 0 Å². The minimum Gasteiger partial charge on any atom is -0.484 e. The third-order valence-corrected chi connectivity index (χ3v) is 5.25. The number of aryl methyl sites for hydroxylation is 1. The van der Waals surface area contributed by atoms with Crippen LogP contribution in [0.25, 0.3) is 0 Å². The fraction of sp³-hybridized carbons (Fsp3) is 0.269. The Hall–Kier alpha value is -3.07. The van der Waals surface area contributed by atoms with Gasteiger partial charge in [-0.15, -0.1) is 0 Å². The maximum atomic E-state index is 13.0. The average molecular weight is 388 g/mol. The summed E-state index contributed by atoms with van der Waals surface area (Å²) in [6, 6.07) is 26.1. The fourth-order valence-electron chi connectivity index (χ4n) is 3.17. The smallest absolute Gasteiger partial charge is 0.265 e. The Labute approximate surface area is 174 Å². The lowest BCUT2D eigenvalue weighted by Gasteiger charge is -2.23. The van der Waals surface area contributed by atoms with Crippen LogP contribution in [0.15, 0.2) is 78.9 Å². The number of hydrogen-bond donors (Lipinski definition) is 0. The molecule has 1 unspecified atom stereocenters. The van der Waals surface area contributed by atoms with E-state index in [2.05, 4.69) is 26.0 Å². The second-order valence-corrected chi connectivity index (χ2v) is 7.47. The number of carbonyl (C=O) groups excluding carboxylic acids is 1. The Kier molecular flexibility index (Phi) is 7.07. The van der Waals surface area contributed by atoms with Gasteiger partial charge in [0.15, 0.2) is 6.61 Å². The summed E-state index contributed by atoms with van der Waals surface area (Å²) in [5.74, 6) is 1.17. The monoisotopic (exact) mass is 387 g/mol. The van der Waals surface area contributed by atoms with Gasteiger partial charge < -0.3 is 9.64 Å². The summed E-state index contributed by atoms with van der Waals surface area (Å²) in [6.45, 7) is 6.95. The largest absolute Gasteiger partial charge is 0.484 e. The summed E-state index contributed by atoms with van der Waals surface area (Å²) >= 11 is 0. The van der Waals surface area contributed by atoms with Crippen molar-refractivity contribution < 1.29 is 9.53 Å². The van der Waals surface area contributed by atoms with E-state index < -0.39 is 0 Å². The number of ether oxygens (including phenoxy) is 1. The number of nitrogens with zero attached hydrogens (tertiary/aromatic N) is 1. The number of anilines is 1. The first kappa shape index (κ1) is 20.7. The lowest BCUT2D eigenvalue weighted by atomic mass is 9.99. The highest BCUT2D eigenvalue weighted by molar-refractivity contribution is 5.94. The molecule has 1 atom stereocenters. The Bertz CT molecular complexity index is 902. The van der Waals surface area contributed by atoms with E-state index in [1.807, 2.05) is 73.7 Å². The van der Waals surface area contributed by atoms with E-state index in [9.17, 15) is 4.79 Å². The third-order valence-electron chi connectivity index (χ3n) is 5.25. The van der Waals surface area contributed by atoms with Crippen LogP contribution in [0.4, 0.5) is 5.69 Å². The number of amides is 1. The molecule has 0 heterocycles. The zero-order valence-corrected chi connectivity index (χ0v) is 17.5. The summed E-state index contributed by atoms with van der Waals surface area (Å²) in [7, 11) is 0. The molecule has 0 bridgehead atoms. The maximum absolute atomic E-state index is 13.0. The lowest BCUT2D eigenvalue weighted by molar-refractivity contribution is -0.120. The van der Waals surface area contributed by atoms with Crippen LogP contribution in [0.2, 0.25) is 0 Å². The molecule has 0 radical (unpaired) electrons. The van der Waals surface area contributed by atoms with E-state index in [4.69, 9.17) is 4.74 Å². The van der Waals surface area contributed by atoms with Crippen LogP contribution in [0.3, 0.4) is 0 Å². The van der Waals surface area contributed by atoms with E-state index >= 15 is 0 Å². The highest BCUT2D eigenvalue weighted by Gasteiger charge is 2.17. The molecule has 3 aromatic carbocycles. The molecule has 3 nitrogen and oxygen atoms in total. The molecule has 0 spiro atoms. The third kappa shape index (κ3) is 5.71. The fourth-order valence-corrected chi connectivity index (χ4v) is 3.17. The van der Waals surface area contributed by atoms with Gasteiger partial charge >= 0.3 is 0 Å². The zero-order valence-electron chi connectivity index (χ0n) is 17.5. The van der Waals surface area contributed by atoms with Crippen LogP contribution in [-0.2, 0) is 11.3 Å². The summed E-state index contributed by atoms with van der Waals surface area (Å²) in [4.78, 5) is 14.8. The predicted octanol–water partition coefficient (Wildman–Crippen LogP) is 6.12. The molecule has 3 heteroatoms. The van der Waals surface area contributed by atoms with Gasteiger partial charge in [-0.2, -0.15) is 0 Å². The van der Waals surface area contributed by atoms with Crippen molar-refractivity contribution in [2.45, 2.75) is 39.7 Å². The summed E-state index contributed by atoms with van der Waals surface area (Å²) in [5.41, 5.74) is 4.41. The van der Waals surface area contributed by atoms with Gasteiger partial charge in [-0.1, -0.05) is 74.0 Å². The van der Waals surface area contributed by atoms with Crippen molar-refractivity contribution in [3.05, 3.63) is 95.6 Å². The van der Waals surface area contributed by atoms with Crippen molar-refractivity contribution >= 4 is 11.6 Å². The maximum Gasteiger partial charge on any atom is 0.265 e. The van der Waals surface area contributed by atoms with E-state index in [-0.39, 0.29) is 12.5 Å². The lowest BCUT2D eigenvalue weighted by Crippen LogP contribution is -2.34. The van der Waals surface area contributed by atoms with Gasteiger partial charge in [0.05, 0.1) is 6.54 Å². The predicted molar refractivity (Wildman–Crippen MR) is 119 cm³/mol. The summed E-state index contributed by atoms with van der Waals surface area (Å²) in [5, 5.41) is 0. The van der Waals surface area contributed by atoms with Gasteiger partial charge in [0.2, 0.25) is 0 Å². The second-order valence-electron chi connectivity index (χ2n) is 7.47. The number of hydrogen-bond acceptors (Lipinski definition) is 2. The Morgan fingerprint density at radius 2 is 1.59 bits per heavy atom. The second kappa shape index (κ2) is 9.92. The van der Waals surface area contributed by atoms with Crippen molar-refractivity contribution in [1.29, 1.82) is 0 Å². The molecule has 3 rings (SSSR count). The first-order valence-electron chi connectivity index (χ1n) is 10.2. The molecule has 0 aliphatic carbocycles. The Morgan fingerprint density at radius 3 is 2.21 bits per heavy atom. The molecule has 0 aliphatic rings. The first-order valence-corrected chi connectivity index (χ1v) is 10.2. The van der Waals surface area contributed by atoms with Crippen LogP contribution in [0.5, 0.6) is 5.75 Å². The Balaban J connectivity index is 1.71. The molecule has 0 aromatic heterocycles. The highest BCUT2D eigenvalue weighted by atomic mass is 16.5. The molecule has 3 aromatic rings. The van der Waals surface area contributed by atoms with Gasteiger partial charge in [0.25, 0.3) is 5.91 Å². The number of benzene rings is 3. The quantitative estimate of drug-likeness (QED) is 0.466. The van der Waals surface area contributed by atoms with Crippen LogP contribution in [-0.4, -0.2) is 12.5 Å². The van der Waals surface area contributed by atoms with Crippen LogP contribution in [0.1, 0.15) is 42.9 Å². The standard InChI is InChI=1S/C26H29NO2/c1-4-21(3)23-12-16-25(17-13-23)29-19-26(28)27(18-22-8-6-5-7-9-22)24-14-10-20(2)11-15-24/h5-17,21H,4,18-19H2,1-3H3. The van der Waals surface area contributed by atoms with Gasteiger partial charge in [-0.05, 0) is 54.7 Å². The van der Waals surface area contributed by atoms with Gasteiger partial charge in [0.1, 0.15) is 5.75 Å². The first-order chi connectivity index (χ1) is 14.1. The summed E-state index contributed by atoms with van der Waals surface area (Å²) < 4.78 is 5.81. The molecule has 0 N–H and O–H groups in total. The summed E-state index contributed by atoms with van der Waals surface area (Å²) in [6.07, 6.45) is 1.10. The number of carbonyl (C=O) groups is 1. The van der Waals surface area contributed by atoms with Crippen molar-refractivity contribution in [2.75, 3.05) is 11.5 Å². The van der Waals surface area contributed by atoms with E-state index in [0.717, 1.165) is 17.7 Å². The molecule has 29 heavy (non-hydrogen) atoms. The topological polar surface area (TPSA) is 29.5 Å². The van der Waals surface area contributed by atoms with Crippen molar-refractivity contribution in [3.8, 4) is 5.75 Å². The zero-order chi connectivity index (χ0) is 20.6. The Morgan fingerprint density at radius 1 is 0.931 bits per heavy atom. The average Bonchev–Trinajstić information content (AvgIpc) is 2.77. The van der Waals surface area contributed by atoms with Crippen molar-refractivity contribution in [1.82, 2.24) is 0 Å². The van der Waals surface area contributed by atoms with E-state index in [1.165, 1.54) is 11.1 Å². The van der Waals surface area contributed by atoms with Crippen LogP contribution in [0, 0.1) is 6.92 Å². The van der Waals surface area contributed by atoms with E-state index in [0.29, 0.717) is 18.2 Å². The minimum absolute atomic E-state index is 0.00336. The number of rotatable bonds is 8. The minimum atomic E-state index is -0.0660. The van der Waals surface area contributed by atoms with Crippen LogP contribution >= 0.6 is 0 Å². The van der Waals surface area contributed by atoms with Gasteiger partial charge in [-0.3, -0.25) is 4.79 Å². The molecule has 150 valence electrons. The normalized spacial score (nSPS) is 11.7. The highest BCUT2D eigenvalue weighted by Crippen LogP contribution is 2.22. The molecule has 0 saturated carbocycles. The SMILES string of the molecule is CCC(C)c1ccc(OCC(=O)N(Cc2ccccc2)c2ccc(C)cc2)cc1. The molecular weight excluding hydrogens is 358 g/mol. The molecule has 0 saturated heterocycles. The van der Waals surface area contributed by atoms with E-state index in [1.54, 1.807) is 4.90 Å². The molecule has 0 aliphatic heterocycles. The molecule has 1 amide bonds. The van der Waals surface area contributed by atoms with Gasteiger partial charge in [0, 0.05) is 5.69 Å². The van der Waals surface area contributed by atoms with Gasteiger partial charge in [-0.25, -0.2) is 0 Å². The van der Waals surface area contributed by atoms with Crippen molar-refractivity contribution in [3.63, 3.8) is 0 Å². The molecule has 0 fully saturated rings.